The molecule has 0 amide bonds. The first-order valence-corrected chi connectivity index (χ1v) is 9.76. The molecule has 2 aliphatic rings. The number of hydrogen-bond acceptors (Lipinski definition) is 3. The van der Waals surface area contributed by atoms with Crippen LogP contribution in [0.1, 0.15) is 58.8 Å². The van der Waals surface area contributed by atoms with Crippen molar-refractivity contribution in [2.45, 2.75) is 71.0 Å². The van der Waals surface area contributed by atoms with E-state index in [1.807, 2.05) is 19.1 Å². The van der Waals surface area contributed by atoms with Crippen molar-refractivity contribution in [1.29, 1.82) is 0 Å². The van der Waals surface area contributed by atoms with Gasteiger partial charge in [-0.05, 0) is 56.8 Å². The quantitative estimate of drug-likeness (QED) is 0.351. The van der Waals surface area contributed by atoms with Crippen molar-refractivity contribution in [1.82, 2.24) is 0 Å². The zero-order valence-electron chi connectivity index (χ0n) is 15.9. The SMILES string of the molecule is CC#CC[C@@H](C)[C@@H](O)/C=C/[C@@H]1[C@H]2CC(=CCCCC(=O)O)C[C@H]2C[C@H]1O. The first kappa shape index (κ1) is 20.7. The Balaban J connectivity index is 1.89. The van der Waals surface area contributed by atoms with Gasteiger partial charge in [0.2, 0.25) is 0 Å². The van der Waals surface area contributed by atoms with Crippen LogP contribution in [0.25, 0.3) is 0 Å². The second-order valence-corrected chi connectivity index (χ2v) is 7.84. The second kappa shape index (κ2) is 9.94. The molecule has 4 nitrogen and oxygen atoms in total. The van der Waals surface area contributed by atoms with Gasteiger partial charge in [0.05, 0.1) is 12.2 Å². The lowest BCUT2D eigenvalue weighted by atomic mass is 9.89. The molecule has 2 aliphatic carbocycles. The number of hydrogen-bond donors (Lipinski definition) is 3. The molecule has 0 radical (unpaired) electrons. The Bertz CT molecular complexity index is 595. The number of unbranched alkanes of at least 4 members (excludes halogenated alkanes) is 1. The van der Waals surface area contributed by atoms with E-state index in [0.29, 0.717) is 24.7 Å². The van der Waals surface area contributed by atoms with Crippen molar-refractivity contribution in [2.75, 3.05) is 0 Å². The van der Waals surface area contributed by atoms with E-state index in [1.165, 1.54) is 5.57 Å². The zero-order valence-corrected chi connectivity index (χ0v) is 15.9. The van der Waals surface area contributed by atoms with Gasteiger partial charge in [0.25, 0.3) is 0 Å². The van der Waals surface area contributed by atoms with Crippen LogP contribution < -0.4 is 0 Å². The highest BCUT2D eigenvalue weighted by Gasteiger charge is 2.44. The van der Waals surface area contributed by atoms with Crippen LogP contribution in [-0.4, -0.2) is 33.5 Å². The van der Waals surface area contributed by atoms with Crippen molar-refractivity contribution in [3.05, 3.63) is 23.8 Å². The van der Waals surface area contributed by atoms with Crippen LogP contribution in [0.15, 0.2) is 23.8 Å². The molecule has 3 N–H and O–H groups in total. The van der Waals surface area contributed by atoms with Gasteiger partial charge in [-0.25, -0.2) is 0 Å². The molecule has 26 heavy (non-hydrogen) atoms. The number of carboxylic acid groups (broad SMARTS) is 1. The average molecular weight is 360 g/mol. The number of carboxylic acids is 1. The lowest BCUT2D eigenvalue weighted by Crippen LogP contribution is -2.19. The third-order valence-electron chi connectivity index (χ3n) is 5.85. The molecule has 0 aromatic carbocycles. The third-order valence-corrected chi connectivity index (χ3v) is 5.85. The lowest BCUT2D eigenvalue weighted by Gasteiger charge is -2.19. The van der Waals surface area contributed by atoms with Gasteiger partial charge >= 0.3 is 5.97 Å². The summed E-state index contributed by atoms with van der Waals surface area (Å²) in [5, 5.41) is 29.4. The van der Waals surface area contributed by atoms with Crippen molar-refractivity contribution in [3.8, 4) is 11.8 Å². The average Bonchev–Trinajstić information content (AvgIpc) is 3.10. The second-order valence-electron chi connectivity index (χ2n) is 7.84. The Morgan fingerprint density at radius 2 is 2.15 bits per heavy atom. The number of aliphatic hydroxyl groups excluding tert-OH is 2. The molecule has 4 heteroatoms. The maximum Gasteiger partial charge on any atom is 0.303 e. The van der Waals surface area contributed by atoms with E-state index in [0.717, 1.165) is 25.7 Å². The van der Waals surface area contributed by atoms with Gasteiger partial charge in [-0.15, -0.1) is 11.8 Å². The zero-order chi connectivity index (χ0) is 19.1. The van der Waals surface area contributed by atoms with E-state index in [-0.39, 0.29) is 24.4 Å². The van der Waals surface area contributed by atoms with Gasteiger partial charge in [-0.3, -0.25) is 4.79 Å². The van der Waals surface area contributed by atoms with Crippen LogP contribution >= 0.6 is 0 Å². The van der Waals surface area contributed by atoms with Gasteiger partial charge in [0, 0.05) is 18.8 Å². The summed E-state index contributed by atoms with van der Waals surface area (Å²) in [7, 11) is 0. The molecule has 2 rings (SSSR count). The van der Waals surface area contributed by atoms with Crippen LogP contribution in [0, 0.1) is 35.5 Å². The number of carbonyl (C=O) groups is 1. The Hall–Kier alpha value is -1.57. The predicted molar refractivity (Wildman–Crippen MR) is 102 cm³/mol. The molecular weight excluding hydrogens is 328 g/mol. The molecule has 144 valence electrons. The molecule has 0 aliphatic heterocycles. The first-order valence-electron chi connectivity index (χ1n) is 9.76. The first-order chi connectivity index (χ1) is 12.4. The Labute approximate surface area is 157 Å². The molecule has 0 unspecified atom stereocenters. The largest absolute Gasteiger partial charge is 0.481 e. The molecule has 2 fully saturated rings. The van der Waals surface area contributed by atoms with E-state index in [4.69, 9.17) is 5.11 Å². The highest BCUT2D eigenvalue weighted by atomic mass is 16.4. The summed E-state index contributed by atoms with van der Waals surface area (Å²) in [6.07, 6.45) is 10.4. The van der Waals surface area contributed by atoms with Crippen molar-refractivity contribution in [2.24, 2.45) is 23.7 Å². The normalized spacial score (nSPS) is 31.6. The molecule has 0 heterocycles. The summed E-state index contributed by atoms with van der Waals surface area (Å²) in [5.74, 6) is 6.25. The van der Waals surface area contributed by atoms with Gasteiger partial charge in [-0.1, -0.05) is 30.7 Å². The number of aliphatic carboxylic acids is 1. The summed E-state index contributed by atoms with van der Waals surface area (Å²) in [6, 6.07) is 0. The molecule has 0 aromatic heterocycles. The molecule has 0 bridgehead atoms. The number of fused-ring (bicyclic) bond motifs is 1. The maximum atomic E-state index is 10.6. The fourth-order valence-corrected chi connectivity index (χ4v) is 4.31. The van der Waals surface area contributed by atoms with Crippen LogP contribution in [0.2, 0.25) is 0 Å². The van der Waals surface area contributed by atoms with Gasteiger partial charge < -0.3 is 15.3 Å². The minimum atomic E-state index is -0.738. The summed E-state index contributed by atoms with van der Waals surface area (Å²) in [6.45, 7) is 3.79. The fraction of sp³-hybridized carbons (Fsp3) is 0.682. The van der Waals surface area contributed by atoms with E-state index in [9.17, 15) is 15.0 Å². The molecule has 6 atom stereocenters. The minimum absolute atomic E-state index is 0.0845. The van der Waals surface area contributed by atoms with Crippen LogP contribution in [0.3, 0.4) is 0 Å². The van der Waals surface area contributed by atoms with Crippen LogP contribution in [0.4, 0.5) is 0 Å². The summed E-state index contributed by atoms with van der Waals surface area (Å²) in [5.41, 5.74) is 1.41. The predicted octanol–water partition coefficient (Wildman–Crippen LogP) is 3.54. The smallest absolute Gasteiger partial charge is 0.303 e. The summed E-state index contributed by atoms with van der Waals surface area (Å²) < 4.78 is 0. The molecule has 2 saturated carbocycles. The highest BCUT2D eigenvalue weighted by molar-refractivity contribution is 5.66. The monoisotopic (exact) mass is 360 g/mol. The maximum absolute atomic E-state index is 10.6. The van der Waals surface area contributed by atoms with Gasteiger partial charge in [-0.2, -0.15) is 0 Å². The van der Waals surface area contributed by atoms with Gasteiger partial charge in [0.15, 0.2) is 0 Å². The van der Waals surface area contributed by atoms with E-state index in [1.54, 1.807) is 6.92 Å². The van der Waals surface area contributed by atoms with Crippen molar-refractivity contribution in [3.63, 3.8) is 0 Å². The molecule has 0 aromatic rings. The fourth-order valence-electron chi connectivity index (χ4n) is 4.31. The standard InChI is InChI=1S/C22H32O4/c1-3-4-7-15(2)20(23)11-10-18-19-13-16(8-5-6-9-22(25)26)12-17(19)14-21(18)24/h8,10-11,15,17-21,23-24H,5-7,9,12-14H2,1-2H3,(H,25,26)/b11-10+,16-8?/t15-,17+,18-,19+,20+,21-/m1/s1. The number of aliphatic hydroxyl groups is 2. The van der Waals surface area contributed by atoms with Gasteiger partial charge in [0.1, 0.15) is 0 Å². The topological polar surface area (TPSA) is 77.8 Å². The Morgan fingerprint density at radius 1 is 1.38 bits per heavy atom. The summed E-state index contributed by atoms with van der Waals surface area (Å²) in [4.78, 5) is 10.6. The third kappa shape index (κ3) is 5.72. The van der Waals surface area contributed by atoms with Crippen molar-refractivity contribution >= 4 is 5.97 Å². The van der Waals surface area contributed by atoms with Crippen molar-refractivity contribution < 1.29 is 20.1 Å². The van der Waals surface area contributed by atoms with E-state index >= 15 is 0 Å². The van der Waals surface area contributed by atoms with E-state index in [2.05, 4.69) is 17.9 Å². The molecule has 0 spiro atoms. The van der Waals surface area contributed by atoms with Crippen LogP contribution in [-0.2, 0) is 4.79 Å². The number of allylic oxidation sites excluding steroid dienone is 2. The molecular formula is C22H32O4. The van der Waals surface area contributed by atoms with Crippen LogP contribution in [0.5, 0.6) is 0 Å². The highest BCUT2D eigenvalue weighted by Crippen LogP contribution is 2.50. The summed E-state index contributed by atoms with van der Waals surface area (Å²) >= 11 is 0. The minimum Gasteiger partial charge on any atom is -0.481 e. The Kier molecular flexibility index (Phi) is 7.93. The van der Waals surface area contributed by atoms with E-state index < -0.39 is 12.1 Å². The number of rotatable bonds is 8. The lowest BCUT2D eigenvalue weighted by molar-refractivity contribution is -0.137. The Morgan fingerprint density at radius 3 is 2.85 bits per heavy atom. The molecule has 0 saturated heterocycles.